The molecule has 1 aliphatic heterocycles. The first-order valence-electron chi connectivity index (χ1n) is 7.86. The molecule has 0 radical (unpaired) electrons. The molecule has 0 unspecified atom stereocenters. The summed E-state index contributed by atoms with van der Waals surface area (Å²) in [4.78, 5) is 1.17. The highest BCUT2D eigenvalue weighted by Crippen LogP contribution is 2.51. The molecule has 2 atom stereocenters. The zero-order valence-corrected chi connectivity index (χ0v) is 15.5. The van der Waals surface area contributed by atoms with Crippen LogP contribution in [0.3, 0.4) is 0 Å². The van der Waals surface area contributed by atoms with Crippen LogP contribution in [0.5, 0.6) is 0 Å². The average Bonchev–Trinajstić information content (AvgIpc) is 2.54. The summed E-state index contributed by atoms with van der Waals surface area (Å²) in [6.45, 7) is 6.38. The predicted molar refractivity (Wildman–Crippen MR) is 101 cm³/mol. The van der Waals surface area contributed by atoms with Gasteiger partial charge in [-0.2, -0.15) is 0 Å². The molecule has 1 heterocycles. The normalized spacial score (nSPS) is 24.7. The van der Waals surface area contributed by atoms with Crippen LogP contribution in [0.15, 0.2) is 70.6 Å². The average molecular weight is 343 g/mol. The van der Waals surface area contributed by atoms with Crippen LogP contribution in [0.2, 0.25) is 0 Å². The van der Waals surface area contributed by atoms with E-state index in [1.54, 1.807) is 11.8 Å². The van der Waals surface area contributed by atoms with E-state index in [0.717, 1.165) is 6.42 Å². The van der Waals surface area contributed by atoms with E-state index in [9.17, 15) is 4.21 Å². The highest BCUT2D eigenvalue weighted by molar-refractivity contribution is 8.12. The molecule has 0 N–H and O–H groups in total. The van der Waals surface area contributed by atoms with Gasteiger partial charge in [-0.1, -0.05) is 59.2 Å². The van der Waals surface area contributed by atoms with Crippen LogP contribution >= 0.6 is 11.8 Å². The second-order valence-electron chi connectivity index (χ2n) is 6.26. The molecule has 3 rings (SSSR count). The quantitative estimate of drug-likeness (QED) is 0.692. The number of benzene rings is 2. The van der Waals surface area contributed by atoms with Crippen molar-refractivity contribution in [2.45, 2.75) is 36.2 Å². The Morgan fingerprint density at radius 2 is 1.57 bits per heavy atom. The maximum atomic E-state index is 13.2. The fraction of sp³-hybridized carbons (Fsp3) is 0.300. The van der Waals surface area contributed by atoms with E-state index in [1.165, 1.54) is 27.2 Å². The highest BCUT2D eigenvalue weighted by Gasteiger charge is 2.42. The van der Waals surface area contributed by atoms with Gasteiger partial charge < -0.3 is 0 Å². The van der Waals surface area contributed by atoms with Gasteiger partial charge in [0.25, 0.3) is 0 Å². The Morgan fingerprint density at radius 1 is 0.913 bits per heavy atom. The molecule has 0 saturated carbocycles. The van der Waals surface area contributed by atoms with E-state index in [0.29, 0.717) is 5.75 Å². The molecular weight excluding hydrogens is 320 g/mol. The molecule has 0 spiro atoms. The Morgan fingerprint density at radius 3 is 2.22 bits per heavy atom. The van der Waals surface area contributed by atoms with Gasteiger partial charge in [-0.15, -0.1) is 11.8 Å². The Hall–Kier alpha value is -1.32. The fourth-order valence-electron chi connectivity index (χ4n) is 2.88. The van der Waals surface area contributed by atoms with Crippen molar-refractivity contribution in [3.8, 4) is 0 Å². The Bertz CT molecular complexity index is 747. The van der Waals surface area contributed by atoms with Crippen LogP contribution in [0.4, 0.5) is 0 Å². The van der Waals surface area contributed by atoms with Crippen molar-refractivity contribution in [1.82, 2.24) is 0 Å². The lowest BCUT2D eigenvalue weighted by atomic mass is 10.00. The van der Waals surface area contributed by atoms with Crippen molar-refractivity contribution in [1.29, 1.82) is 0 Å². The summed E-state index contributed by atoms with van der Waals surface area (Å²) in [6.07, 6.45) is 0.841. The van der Waals surface area contributed by atoms with Gasteiger partial charge in [0, 0.05) is 21.4 Å². The van der Waals surface area contributed by atoms with Crippen molar-refractivity contribution >= 4 is 22.6 Å². The molecule has 120 valence electrons. The van der Waals surface area contributed by atoms with Crippen molar-refractivity contribution in [3.05, 3.63) is 76.9 Å². The summed E-state index contributed by atoms with van der Waals surface area (Å²) >= 11 is 1.75. The monoisotopic (exact) mass is 342 g/mol. The van der Waals surface area contributed by atoms with Crippen LogP contribution in [0.1, 0.15) is 31.4 Å². The summed E-state index contributed by atoms with van der Waals surface area (Å²) in [5.41, 5.74) is 5.05. The van der Waals surface area contributed by atoms with E-state index in [-0.39, 0.29) is 0 Å². The number of allylic oxidation sites excluding steroid dienone is 1. The highest BCUT2D eigenvalue weighted by atomic mass is 32.2. The SMILES string of the molecule is CC1=C(C)C[C@](Sc2ccccc2)(c2ccc(C)cc2)[S@@](=O)C1. The third kappa shape index (κ3) is 3.31. The first kappa shape index (κ1) is 16.5. The molecule has 1 aliphatic rings. The molecule has 0 aliphatic carbocycles. The summed E-state index contributed by atoms with van der Waals surface area (Å²) in [7, 11) is -0.940. The van der Waals surface area contributed by atoms with E-state index < -0.39 is 14.9 Å². The Labute approximate surface area is 145 Å². The van der Waals surface area contributed by atoms with Gasteiger partial charge in [-0.25, -0.2) is 0 Å². The van der Waals surface area contributed by atoms with Gasteiger partial charge in [-0.05, 0) is 44.9 Å². The van der Waals surface area contributed by atoms with E-state index in [1.807, 2.05) is 18.2 Å². The molecule has 0 amide bonds. The molecule has 1 nitrogen and oxygen atoms in total. The topological polar surface area (TPSA) is 17.1 Å². The minimum absolute atomic E-state index is 0.390. The van der Waals surface area contributed by atoms with Crippen LogP contribution < -0.4 is 0 Å². The van der Waals surface area contributed by atoms with Gasteiger partial charge in [0.05, 0.1) is 0 Å². The molecular formula is C20H22OS2. The lowest BCUT2D eigenvalue weighted by Crippen LogP contribution is -2.34. The number of aryl methyl sites for hydroxylation is 1. The number of thioether (sulfide) groups is 1. The third-order valence-corrected chi connectivity index (χ3v) is 8.30. The molecule has 2 aromatic rings. The standard InChI is InChI=1S/C20H22OS2/c1-15-9-11-18(12-10-15)20(22-19-7-5-4-6-8-19)13-16(2)17(3)14-23(20)21/h4-12H,13-14H2,1-3H3/t20-,23+/m1/s1. The lowest BCUT2D eigenvalue weighted by Gasteiger charge is -2.37. The zero-order valence-electron chi connectivity index (χ0n) is 13.8. The minimum Gasteiger partial charge on any atom is -0.257 e. The Kier molecular flexibility index (Phi) is 4.79. The molecule has 23 heavy (non-hydrogen) atoms. The fourth-order valence-corrected chi connectivity index (χ4v) is 6.58. The molecule has 2 aromatic carbocycles. The zero-order chi connectivity index (χ0) is 16.4. The first-order valence-corrected chi connectivity index (χ1v) is 10.00. The first-order chi connectivity index (χ1) is 11.0. The summed E-state index contributed by atoms with van der Waals surface area (Å²) in [5, 5.41) is 0. The van der Waals surface area contributed by atoms with E-state index in [4.69, 9.17) is 0 Å². The van der Waals surface area contributed by atoms with E-state index >= 15 is 0 Å². The van der Waals surface area contributed by atoms with Crippen LogP contribution in [0, 0.1) is 6.92 Å². The van der Waals surface area contributed by atoms with Crippen molar-refractivity contribution < 1.29 is 4.21 Å². The van der Waals surface area contributed by atoms with Crippen molar-refractivity contribution in [3.63, 3.8) is 0 Å². The van der Waals surface area contributed by atoms with Gasteiger partial charge in [0.2, 0.25) is 0 Å². The van der Waals surface area contributed by atoms with Gasteiger partial charge in [0.15, 0.2) is 0 Å². The second-order valence-corrected chi connectivity index (χ2v) is 9.57. The smallest absolute Gasteiger partial charge is 0.124 e. The molecule has 0 aromatic heterocycles. The summed E-state index contributed by atoms with van der Waals surface area (Å²) in [5.74, 6) is 0.666. The molecule has 0 bridgehead atoms. The molecule has 0 fully saturated rings. The maximum absolute atomic E-state index is 13.2. The minimum atomic E-state index is -0.940. The van der Waals surface area contributed by atoms with Crippen LogP contribution in [0.25, 0.3) is 0 Å². The van der Waals surface area contributed by atoms with Gasteiger partial charge in [-0.3, -0.25) is 4.21 Å². The number of rotatable bonds is 3. The van der Waals surface area contributed by atoms with Crippen LogP contribution in [-0.2, 0) is 14.9 Å². The van der Waals surface area contributed by atoms with Crippen molar-refractivity contribution in [2.24, 2.45) is 0 Å². The van der Waals surface area contributed by atoms with E-state index in [2.05, 4.69) is 57.2 Å². The summed E-state index contributed by atoms with van der Waals surface area (Å²) < 4.78 is 12.8. The predicted octanol–water partition coefficient (Wildman–Crippen LogP) is 5.43. The Balaban J connectivity index is 2.10. The molecule has 0 saturated heterocycles. The molecule has 3 heteroatoms. The largest absolute Gasteiger partial charge is 0.257 e. The van der Waals surface area contributed by atoms with Gasteiger partial charge in [0.1, 0.15) is 4.08 Å². The van der Waals surface area contributed by atoms with Crippen molar-refractivity contribution in [2.75, 3.05) is 5.75 Å². The second kappa shape index (κ2) is 6.66. The van der Waals surface area contributed by atoms with Gasteiger partial charge >= 0.3 is 0 Å². The maximum Gasteiger partial charge on any atom is 0.124 e. The third-order valence-electron chi connectivity index (χ3n) is 4.46. The van der Waals surface area contributed by atoms with Crippen LogP contribution in [-0.4, -0.2) is 9.96 Å². The summed E-state index contributed by atoms with van der Waals surface area (Å²) in [6, 6.07) is 18.9. The lowest BCUT2D eigenvalue weighted by molar-refractivity contribution is 0.657. The number of hydrogen-bond donors (Lipinski definition) is 0. The number of hydrogen-bond acceptors (Lipinski definition) is 2.